The van der Waals surface area contributed by atoms with E-state index in [1.807, 2.05) is 20.8 Å². The molecule has 0 saturated carbocycles. The van der Waals surface area contributed by atoms with E-state index in [4.69, 9.17) is 4.74 Å². The second kappa shape index (κ2) is 4.85. The van der Waals surface area contributed by atoms with Gasteiger partial charge in [0.05, 0.1) is 6.10 Å². The molecule has 1 aromatic rings. The van der Waals surface area contributed by atoms with Gasteiger partial charge in [0.2, 0.25) is 0 Å². The van der Waals surface area contributed by atoms with Crippen molar-refractivity contribution in [2.45, 2.75) is 59.7 Å². The number of ketones is 1. The minimum Gasteiger partial charge on any atom is -0.367 e. The smallest absolute Gasteiger partial charge is 0.192 e. The Hall–Kier alpha value is -1.15. The highest BCUT2D eigenvalue weighted by Gasteiger charge is 2.31. The van der Waals surface area contributed by atoms with E-state index in [-0.39, 0.29) is 18.0 Å². The highest BCUT2D eigenvalue weighted by atomic mass is 16.5. The summed E-state index contributed by atoms with van der Waals surface area (Å²) in [5, 5.41) is 0. The van der Waals surface area contributed by atoms with E-state index in [1.165, 1.54) is 11.1 Å². The summed E-state index contributed by atoms with van der Waals surface area (Å²) in [6.07, 6.45) is 1.81. The topological polar surface area (TPSA) is 26.3 Å². The zero-order chi connectivity index (χ0) is 13.4. The number of hydrogen-bond donors (Lipinski definition) is 0. The van der Waals surface area contributed by atoms with Gasteiger partial charge in [-0.15, -0.1) is 0 Å². The normalized spacial score (nSPS) is 23.4. The third-order valence-electron chi connectivity index (χ3n) is 4.14. The van der Waals surface area contributed by atoms with Gasteiger partial charge in [-0.2, -0.15) is 0 Å². The van der Waals surface area contributed by atoms with Crippen LogP contribution in [0.15, 0.2) is 6.07 Å². The van der Waals surface area contributed by atoms with Crippen molar-refractivity contribution in [2.75, 3.05) is 0 Å². The molecule has 0 N–H and O–H groups in total. The third kappa shape index (κ3) is 2.22. The number of rotatable bonds is 2. The molecule has 0 aliphatic carbocycles. The van der Waals surface area contributed by atoms with Crippen LogP contribution in [0, 0.1) is 27.7 Å². The van der Waals surface area contributed by atoms with Crippen molar-refractivity contribution in [3.8, 4) is 0 Å². The maximum absolute atomic E-state index is 12.6. The van der Waals surface area contributed by atoms with Crippen molar-refractivity contribution in [3.05, 3.63) is 33.9 Å². The minimum atomic E-state index is -0.237. The van der Waals surface area contributed by atoms with E-state index in [9.17, 15) is 4.79 Å². The summed E-state index contributed by atoms with van der Waals surface area (Å²) in [6.45, 7) is 10.2. The summed E-state index contributed by atoms with van der Waals surface area (Å²) in [7, 11) is 0. The predicted octanol–water partition coefficient (Wildman–Crippen LogP) is 3.67. The Bertz CT molecular complexity index is 462. The molecule has 2 nitrogen and oxygen atoms in total. The highest BCUT2D eigenvalue weighted by molar-refractivity contribution is 6.02. The molecule has 0 radical (unpaired) electrons. The Balaban J connectivity index is 2.41. The molecule has 1 fully saturated rings. The standard InChI is InChI=1S/C16H22O2/c1-9-8-10(2)13(5)15(12(9)4)16(17)14-7-6-11(3)18-14/h8,11,14H,6-7H2,1-5H3. The van der Waals surface area contributed by atoms with Crippen molar-refractivity contribution in [1.82, 2.24) is 0 Å². The van der Waals surface area contributed by atoms with Crippen LogP contribution in [0.3, 0.4) is 0 Å². The van der Waals surface area contributed by atoms with Crippen LogP contribution in [0.1, 0.15) is 52.4 Å². The maximum atomic E-state index is 12.6. The molecule has 0 aromatic heterocycles. The molecule has 0 spiro atoms. The van der Waals surface area contributed by atoms with Gasteiger partial charge in [-0.3, -0.25) is 4.79 Å². The van der Waals surface area contributed by atoms with Crippen LogP contribution in [0.2, 0.25) is 0 Å². The molecule has 1 saturated heterocycles. The van der Waals surface area contributed by atoms with Crippen LogP contribution in [0.25, 0.3) is 0 Å². The first-order valence-electron chi connectivity index (χ1n) is 6.69. The van der Waals surface area contributed by atoms with Crippen molar-refractivity contribution < 1.29 is 9.53 Å². The number of carbonyl (C=O) groups is 1. The predicted molar refractivity (Wildman–Crippen MR) is 73.3 cm³/mol. The van der Waals surface area contributed by atoms with E-state index < -0.39 is 0 Å². The van der Waals surface area contributed by atoms with Gasteiger partial charge in [-0.05, 0) is 69.7 Å². The van der Waals surface area contributed by atoms with Gasteiger partial charge in [0.25, 0.3) is 0 Å². The van der Waals surface area contributed by atoms with Gasteiger partial charge in [0.15, 0.2) is 5.78 Å². The van der Waals surface area contributed by atoms with E-state index in [1.54, 1.807) is 0 Å². The summed E-state index contributed by atoms with van der Waals surface area (Å²) in [4.78, 5) is 12.6. The summed E-state index contributed by atoms with van der Waals surface area (Å²) < 4.78 is 5.72. The zero-order valence-electron chi connectivity index (χ0n) is 12.0. The Morgan fingerprint density at radius 1 is 1.11 bits per heavy atom. The van der Waals surface area contributed by atoms with Gasteiger partial charge in [-0.25, -0.2) is 0 Å². The molecule has 1 heterocycles. The van der Waals surface area contributed by atoms with Gasteiger partial charge in [0.1, 0.15) is 6.10 Å². The minimum absolute atomic E-state index is 0.168. The Kier molecular flexibility index (Phi) is 3.58. The average Bonchev–Trinajstić information content (AvgIpc) is 2.73. The van der Waals surface area contributed by atoms with Crippen LogP contribution in [0.5, 0.6) is 0 Å². The number of ether oxygens (including phenoxy) is 1. The second-order valence-corrected chi connectivity index (χ2v) is 5.51. The van der Waals surface area contributed by atoms with Crippen LogP contribution < -0.4 is 0 Å². The molecular formula is C16H22O2. The maximum Gasteiger partial charge on any atom is 0.192 e. The Labute approximate surface area is 109 Å². The van der Waals surface area contributed by atoms with E-state index in [0.29, 0.717) is 0 Å². The van der Waals surface area contributed by atoms with Crippen LogP contribution in [0.4, 0.5) is 0 Å². The molecule has 0 bridgehead atoms. The average molecular weight is 246 g/mol. The first-order valence-corrected chi connectivity index (χ1v) is 6.69. The van der Waals surface area contributed by atoms with Crippen LogP contribution >= 0.6 is 0 Å². The lowest BCUT2D eigenvalue weighted by Gasteiger charge is -2.17. The first kappa shape index (κ1) is 13.3. The SMILES string of the molecule is Cc1cc(C)c(C)c(C(=O)C2CCC(C)O2)c1C. The lowest BCUT2D eigenvalue weighted by atomic mass is 9.89. The number of Topliss-reactive ketones (excluding diaryl/α,β-unsaturated/α-hetero) is 1. The molecule has 2 rings (SSSR count). The Morgan fingerprint density at radius 2 is 1.67 bits per heavy atom. The van der Waals surface area contributed by atoms with Crippen LogP contribution in [-0.2, 0) is 4.74 Å². The zero-order valence-corrected chi connectivity index (χ0v) is 12.0. The number of aryl methyl sites for hydroxylation is 2. The lowest BCUT2D eigenvalue weighted by molar-refractivity contribution is 0.0432. The molecule has 2 unspecified atom stereocenters. The molecule has 0 amide bonds. The molecule has 1 aliphatic heterocycles. The molecule has 2 atom stereocenters. The molecule has 2 heteroatoms. The number of benzene rings is 1. The first-order chi connectivity index (χ1) is 8.41. The van der Waals surface area contributed by atoms with Gasteiger partial charge >= 0.3 is 0 Å². The quantitative estimate of drug-likeness (QED) is 0.744. The fourth-order valence-corrected chi connectivity index (χ4v) is 2.74. The lowest BCUT2D eigenvalue weighted by Crippen LogP contribution is -2.23. The second-order valence-electron chi connectivity index (χ2n) is 5.51. The van der Waals surface area contributed by atoms with Crippen molar-refractivity contribution in [3.63, 3.8) is 0 Å². The largest absolute Gasteiger partial charge is 0.367 e. The number of hydrogen-bond acceptors (Lipinski definition) is 2. The van der Waals surface area contributed by atoms with E-state index >= 15 is 0 Å². The molecule has 18 heavy (non-hydrogen) atoms. The summed E-state index contributed by atoms with van der Waals surface area (Å²) in [5.41, 5.74) is 5.46. The van der Waals surface area contributed by atoms with Gasteiger partial charge < -0.3 is 4.74 Å². The highest BCUT2D eigenvalue weighted by Crippen LogP contribution is 2.28. The van der Waals surface area contributed by atoms with Crippen molar-refractivity contribution >= 4 is 5.78 Å². The summed E-state index contributed by atoms with van der Waals surface area (Å²) in [5.74, 6) is 0.168. The summed E-state index contributed by atoms with van der Waals surface area (Å²) >= 11 is 0. The van der Waals surface area contributed by atoms with Crippen molar-refractivity contribution in [1.29, 1.82) is 0 Å². The van der Waals surface area contributed by atoms with Crippen molar-refractivity contribution in [2.24, 2.45) is 0 Å². The van der Waals surface area contributed by atoms with Gasteiger partial charge in [-0.1, -0.05) is 6.07 Å². The summed E-state index contributed by atoms with van der Waals surface area (Å²) in [6, 6.07) is 2.15. The van der Waals surface area contributed by atoms with Crippen LogP contribution in [-0.4, -0.2) is 18.0 Å². The van der Waals surface area contributed by atoms with E-state index in [0.717, 1.165) is 29.5 Å². The Morgan fingerprint density at radius 3 is 2.11 bits per heavy atom. The monoisotopic (exact) mass is 246 g/mol. The number of carbonyl (C=O) groups excluding carboxylic acids is 1. The molecular weight excluding hydrogens is 224 g/mol. The molecule has 98 valence electrons. The molecule has 1 aliphatic rings. The van der Waals surface area contributed by atoms with Gasteiger partial charge in [0, 0.05) is 5.56 Å². The fourth-order valence-electron chi connectivity index (χ4n) is 2.74. The third-order valence-corrected chi connectivity index (χ3v) is 4.14. The van der Waals surface area contributed by atoms with E-state index in [2.05, 4.69) is 19.9 Å². The fraction of sp³-hybridized carbons (Fsp3) is 0.562. The molecule has 1 aromatic carbocycles.